The summed E-state index contributed by atoms with van der Waals surface area (Å²) < 4.78 is 5.59. The Hall–Kier alpha value is -0.0800. The number of hydrogen-bond acceptors (Lipinski definition) is 2. The van der Waals surface area contributed by atoms with Crippen LogP contribution in [-0.2, 0) is 4.74 Å². The quantitative estimate of drug-likeness (QED) is 0.637. The molecule has 1 unspecified atom stereocenters. The minimum atomic E-state index is 0.357. The van der Waals surface area contributed by atoms with E-state index in [9.17, 15) is 0 Å². The van der Waals surface area contributed by atoms with Gasteiger partial charge in [-0.2, -0.15) is 0 Å². The Labute approximate surface area is 95.8 Å². The van der Waals surface area contributed by atoms with Crippen molar-refractivity contribution in [2.45, 2.75) is 66.0 Å². The average Bonchev–Trinajstić information content (AvgIpc) is 2.12. The van der Waals surface area contributed by atoms with Gasteiger partial charge in [0.1, 0.15) is 0 Å². The zero-order valence-electron chi connectivity index (χ0n) is 11.2. The van der Waals surface area contributed by atoms with E-state index in [1.165, 1.54) is 12.8 Å². The molecule has 0 fully saturated rings. The Morgan fingerprint density at radius 3 is 2.27 bits per heavy atom. The summed E-state index contributed by atoms with van der Waals surface area (Å²) in [5, 5.41) is 3.59. The van der Waals surface area contributed by atoms with Crippen molar-refractivity contribution < 1.29 is 4.74 Å². The van der Waals surface area contributed by atoms with E-state index in [0.29, 0.717) is 12.1 Å². The number of ether oxygens (including phenoxy) is 1. The van der Waals surface area contributed by atoms with Crippen LogP contribution in [0.1, 0.15) is 53.9 Å². The monoisotopic (exact) mass is 215 g/mol. The van der Waals surface area contributed by atoms with Gasteiger partial charge in [0.25, 0.3) is 0 Å². The standard InChI is InChI=1S/C13H29NO/c1-6-8-14-13(10-11(2)3)7-9-15-12(4)5/h11-14H,6-10H2,1-5H3. The highest BCUT2D eigenvalue weighted by molar-refractivity contribution is 4.68. The Morgan fingerprint density at radius 2 is 1.80 bits per heavy atom. The Morgan fingerprint density at radius 1 is 1.13 bits per heavy atom. The van der Waals surface area contributed by atoms with Gasteiger partial charge in [0.15, 0.2) is 0 Å². The highest BCUT2D eigenvalue weighted by Crippen LogP contribution is 2.08. The van der Waals surface area contributed by atoms with Gasteiger partial charge in [-0.25, -0.2) is 0 Å². The number of rotatable bonds is 9. The lowest BCUT2D eigenvalue weighted by Crippen LogP contribution is -2.32. The number of hydrogen-bond donors (Lipinski definition) is 1. The molecule has 15 heavy (non-hydrogen) atoms. The second-order valence-corrected chi connectivity index (χ2v) is 4.99. The van der Waals surface area contributed by atoms with Gasteiger partial charge in [0, 0.05) is 12.6 Å². The molecule has 0 spiro atoms. The maximum absolute atomic E-state index is 5.59. The first-order valence-corrected chi connectivity index (χ1v) is 6.41. The van der Waals surface area contributed by atoms with Gasteiger partial charge >= 0.3 is 0 Å². The second kappa shape index (κ2) is 9.17. The minimum Gasteiger partial charge on any atom is -0.379 e. The maximum atomic E-state index is 5.59. The molecule has 0 bridgehead atoms. The van der Waals surface area contributed by atoms with Crippen LogP contribution in [0, 0.1) is 5.92 Å². The Bertz CT molecular complexity index is 134. The van der Waals surface area contributed by atoms with E-state index >= 15 is 0 Å². The first-order valence-electron chi connectivity index (χ1n) is 6.41. The van der Waals surface area contributed by atoms with Crippen molar-refractivity contribution in [3.8, 4) is 0 Å². The Balaban J connectivity index is 3.69. The molecule has 0 heterocycles. The summed E-state index contributed by atoms with van der Waals surface area (Å²) in [6, 6.07) is 0.628. The van der Waals surface area contributed by atoms with E-state index in [1.807, 2.05) is 0 Å². The van der Waals surface area contributed by atoms with E-state index in [4.69, 9.17) is 4.74 Å². The molecule has 0 aliphatic rings. The fourth-order valence-electron chi connectivity index (χ4n) is 1.67. The highest BCUT2D eigenvalue weighted by atomic mass is 16.5. The topological polar surface area (TPSA) is 21.3 Å². The molecule has 1 atom stereocenters. The molecule has 2 nitrogen and oxygen atoms in total. The van der Waals surface area contributed by atoms with Gasteiger partial charge in [0.05, 0.1) is 6.10 Å². The van der Waals surface area contributed by atoms with E-state index in [2.05, 4.69) is 39.9 Å². The molecular formula is C13H29NO. The molecule has 1 N–H and O–H groups in total. The van der Waals surface area contributed by atoms with Crippen LogP contribution in [0.15, 0.2) is 0 Å². The molecule has 0 radical (unpaired) electrons. The van der Waals surface area contributed by atoms with Crippen LogP contribution in [0.5, 0.6) is 0 Å². The first kappa shape index (κ1) is 14.9. The van der Waals surface area contributed by atoms with Gasteiger partial charge in [-0.3, -0.25) is 0 Å². The molecule has 2 heteroatoms. The van der Waals surface area contributed by atoms with E-state index < -0.39 is 0 Å². The van der Waals surface area contributed by atoms with Crippen molar-refractivity contribution in [1.29, 1.82) is 0 Å². The molecule has 0 aromatic carbocycles. The third-order valence-electron chi connectivity index (χ3n) is 2.36. The Kier molecular flexibility index (Phi) is 9.12. The van der Waals surface area contributed by atoms with E-state index in [0.717, 1.165) is 25.5 Å². The van der Waals surface area contributed by atoms with E-state index in [1.54, 1.807) is 0 Å². The minimum absolute atomic E-state index is 0.357. The fourth-order valence-corrected chi connectivity index (χ4v) is 1.67. The molecule has 0 rings (SSSR count). The van der Waals surface area contributed by atoms with Gasteiger partial charge < -0.3 is 10.1 Å². The highest BCUT2D eigenvalue weighted by Gasteiger charge is 2.09. The average molecular weight is 215 g/mol. The lowest BCUT2D eigenvalue weighted by atomic mass is 10.0. The smallest absolute Gasteiger partial charge is 0.0518 e. The lowest BCUT2D eigenvalue weighted by Gasteiger charge is -2.21. The zero-order valence-corrected chi connectivity index (χ0v) is 11.2. The molecule has 0 saturated heterocycles. The summed E-state index contributed by atoms with van der Waals surface area (Å²) in [6.07, 6.45) is 3.95. The molecule has 92 valence electrons. The summed E-state index contributed by atoms with van der Waals surface area (Å²) in [6.45, 7) is 13.0. The maximum Gasteiger partial charge on any atom is 0.0518 e. The molecule has 0 aliphatic heterocycles. The molecule has 0 aromatic heterocycles. The lowest BCUT2D eigenvalue weighted by molar-refractivity contribution is 0.0702. The van der Waals surface area contributed by atoms with Crippen LogP contribution in [0.2, 0.25) is 0 Å². The largest absolute Gasteiger partial charge is 0.379 e. The fraction of sp³-hybridized carbons (Fsp3) is 1.00. The third-order valence-corrected chi connectivity index (χ3v) is 2.36. The van der Waals surface area contributed by atoms with Crippen LogP contribution in [0.25, 0.3) is 0 Å². The summed E-state index contributed by atoms with van der Waals surface area (Å²) >= 11 is 0. The normalized spacial score (nSPS) is 13.8. The van der Waals surface area contributed by atoms with Gasteiger partial charge in [-0.15, -0.1) is 0 Å². The van der Waals surface area contributed by atoms with Crippen molar-refractivity contribution >= 4 is 0 Å². The summed E-state index contributed by atoms with van der Waals surface area (Å²) in [5.74, 6) is 0.762. The van der Waals surface area contributed by atoms with Crippen LogP contribution in [-0.4, -0.2) is 25.3 Å². The van der Waals surface area contributed by atoms with Crippen molar-refractivity contribution in [1.82, 2.24) is 5.32 Å². The molecule has 0 aromatic rings. The predicted octanol–water partition coefficient (Wildman–Crippen LogP) is 3.22. The third kappa shape index (κ3) is 10.2. The van der Waals surface area contributed by atoms with Gasteiger partial charge in [-0.05, 0) is 45.6 Å². The van der Waals surface area contributed by atoms with Crippen molar-refractivity contribution in [3.05, 3.63) is 0 Å². The van der Waals surface area contributed by atoms with Gasteiger partial charge in [0.2, 0.25) is 0 Å². The van der Waals surface area contributed by atoms with Crippen molar-refractivity contribution in [2.24, 2.45) is 5.92 Å². The van der Waals surface area contributed by atoms with Gasteiger partial charge in [-0.1, -0.05) is 20.8 Å². The zero-order chi connectivity index (χ0) is 11.7. The summed E-state index contributed by atoms with van der Waals surface area (Å²) in [7, 11) is 0. The molecular weight excluding hydrogens is 186 g/mol. The van der Waals surface area contributed by atoms with Crippen LogP contribution < -0.4 is 5.32 Å². The van der Waals surface area contributed by atoms with Crippen molar-refractivity contribution in [3.63, 3.8) is 0 Å². The van der Waals surface area contributed by atoms with Crippen LogP contribution in [0.3, 0.4) is 0 Å². The first-order chi connectivity index (χ1) is 7.06. The second-order valence-electron chi connectivity index (χ2n) is 4.99. The van der Waals surface area contributed by atoms with Crippen molar-refractivity contribution in [2.75, 3.05) is 13.2 Å². The van der Waals surface area contributed by atoms with Crippen LogP contribution in [0.4, 0.5) is 0 Å². The predicted molar refractivity (Wildman–Crippen MR) is 67.2 cm³/mol. The molecule has 0 amide bonds. The number of nitrogens with one attached hydrogen (secondary N) is 1. The summed E-state index contributed by atoms with van der Waals surface area (Å²) in [5.41, 5.74) is 0. The SMILES string of the molecule is CCCNC(CCOC(C)C)CC(C)C. The molecule has 0 saturated carbocycles. The molecule has 0 aliphatic carbocycles. The summed E-state index contributed by atoms with van der Waals surface area (Å²) in [4.78, 5) is 0. The van der Waals surface area contributed by atoms with E-state index in [-0.39, 0.29) is 0 Å². The van der Waals surface area contributed by atoms with Crippen LogP contribution >= 0.6 is 0 Å².